The molecular weight excluding hydrogens is 224 g/mol. The van der Waals surface area contributed by atoms with Crippen LogP contribution in [0.3, 0.4) is 0 Å². The van der Waals surface area contributed by atoms with E-state index < -0.39 is 0 Å². The van der Waals surface area contributed by atoms with E-state index in [0.717, 1.165) is 37.9 Å². The summed E-state index contributed by atoms with van der Waals surface area (Å²) in [6.45, 7) is 3.02. The number of carbonyl (C=O) groups is 1. The number of aryl methyl sites for hydroxylation is 1. The number of nitrogens with one attached hydrogen (secondary N) is 1. The molecule has 3 nitrogen and oxygen atoms in total. The minimum Gasteiger partial charge on any atom is -0.311 e. The Morgan fingerprint density at radius 1 is 1.33 bits per heavy atom. The summed E-state index contributed by atoms with van der Waals surface area (Å²) in [5.41, 5.74) is 2.37. The van der Waals surface area contributed by atoms with Crippen LogP contribution in [0.4, 0.5) is 5.69 Å². The van der Waals surface area contributed by atoms with Crippen molar-refractivity contribution in [2.24, 2.45) is 0 Å². The fraction of sp³-hybridized carbons (Fsp3) is 0.533. The predicted octanol–water partition coefficient (Wildman–Crippen LogP) is 2.35. The number of piperidine rings is 1. The molecule has 1 saturated heterocycles. The van der Waals surface area contributed by atoms with Gasteiger partial charge in [-0.3, -0.25) is 4.79 Å². The molecular formula is C15H22N2O. The molecule has 0 saturated carbocycles. The summed E-state index contributed by atoms with van der Waals surface area (Å²) < 4.78 is 0. The fourth-order valence-electron chi connectivity index (χ4n) is 2.53. The van der Waals surface area contributed by atoms with E-state index in [9.17, 15) is 4.79 Å². The molecule has 0 aromatic heterocycles. The molecule has 1 aromatic carbocycles. The first-order chi connectivity index (χ1) is 8.76. The van der Waals surface area contributed by atoms with E-state index in [1.807, 2.05) is 11.9 Å². The molecule has 0 aliphatic carbocycles. The topological polar surface area (TPSA) is 32.3 Å². The van der Waals surface area contributed by atoms with Crippen LogP contribution in [0.25, 0.3) is 0 Å². The Bertz CT molecular complexity index is 399. The summed E-state index contributed by atoms with van der Waals surface area (Å²) in [4.78, 5) is 14.1. The highest BCUT2D eigenvalue weighted by Crippen LogP contribution is 2.21. The SMILES string of the molecule is CCCc1ccc(N2CCCC(NC)C2=O)cc1. The Hall–Kier alpha value is -1.35. The molecule has 1 aliphatic rings. The largest absolute Gasteiger partial charge is 0.311 e. The van der Waals surface area contributed by atoms with Crippen LogP contribution in [0, 0.1) is 0 Å². The van der Waals surface area contributed by atoms with Gasteiger partial charge in [-0.1, -0.05) is 25.5 Å². The lowest BCUT2D eigenvalue weighted by atomic mass is 10.0. The molecule has 1 unspecified atom stereocenters. The number of carbonyl (C=O) groups excluding carboxylic acids is 1. The van der Waals surface area contributed by atoms with Gasteiger partial charge in [0.2, 0.25) is 5.91 Å². The molecule has 1 heterocycles. The third-order valence-corrected chi connectivity index (χ3v) is 3.57. The zero-order valence-electron chi connectivity index (χ0n) is 11.3. The van der Waals surface area contributed by atoms with Gasteiger partial charge in [0.05, 0.1) is 6.04 Å². The van der Waals surface area contributed by atoms with E-state index in [1.165, 1.54) is 5.56 Å². The number of nitrogens with zero attached hydrogens (tertiary/aromatic N) is 1. The van der Waals surface area contributed by atoms with Gasteiger partial charge in [0, 0.05) is 12.2 Å². The van der Waals surface area contributed by atoms with Gasteiger partial charge in [-0.2, -0.15) is 0 Å². The first-order valence-corrected chi connectivity index (χ1v) is 6.84. The minimum atomic E-state index is -0.0194. The second-order valence-corrected chi connectivity index (χ2v) is 4.89. The number of likely N-dealkylation sites (N-methyl/N-ethyl adjacent to an activating group) is 1. The smallest absolute Gasteiger partial charge is 0.244 e. The van der Waals surface area contributed by atoms with Gasteiger partial charge in [0.15, 0.2) is 0 Å². The molecule has 3 heteroatoms. The van der Waals surface area contributed by atoms with E-state index in [1.54, 1.807) is 0 Å². The number of hydrogen-bond acceptors (Lipinski definition) is 2. The maximum atomic E-state index is 12.2. The zero-order chi connectivity index (χ0) is 13.0. The molecule has 0 radical (unpaired) electrons. The van der Waals surface area contributed by atoms with Crippen LogP contribution in [0.5, 0.6) is 0 Å². The van der Waals surface area contributed by atoms with Crippen molar-refractivity contribution in [1.82, 2.24) is 5.32 Å². The average molecular weight is 246 g/mol. The summed E-state index contributed by atoms with van der Waals surface area (Å²) in [7, 11) is 1.86. The summed E-state index contributed by atoms with van der Waals surface area (Å²) in [5, 5.41) is 3.09. The standard InChI is InChI=1S/C15H22N2O/c1-3-5-12-7-9-13(10-8-12)17-11-4-6-14(16-2)15(17)18/h7-10,14,16H,3-6,11H2,1-2H3. The van der Waals surface area contributed by atoms with Crippen molar-refractivity contribution in [3.8, 4) is 0 Å². The van der Waals surface area contributed by atoms with Gasteiger partial charge >= 0.3 is 0 Å². The van der Waals surface area contributed by atoms with Gasteiger partial charge in [-0.25, -0.2) is 0 Å². The third-order valence-electron chi connectivity index (χ3n) is 3.57. The molecule has 0 bridgehead atoms. The lowest BCUT2D eigenvalue weighted by molar-refractivity contribution is -0.121. The predicted molar refractivity (Wildman–Crippen MR) is 74.9 cm³/mol. The summed E-state index contributed by atoms with van der Waals surface area (Å²) in [5.74, 6) is 0.201. The van der Waals surface area contributed by atoms with Crippen molar-refractivity contribution in [3.63, 3.8) is 0 Å². The summed E-state index contributed by atoms with van der Waals surface area (Å²) in [6.07, 6.45) is 4.27. The molecule has 1 fully saturated rings. The lowest BCUT2D eigenvalue weighted by Gasteiger charge is -2.32. The highest BCUT2D eigenvalue weighted by atomic mass is 16.2. The van der Waals surface area contributed by atoms with Crippen LogP contribution in [0.1, 0.15) is 31.7 Å². The van der Waals surface area contributed by atoms with E-state index in [2.05, 4.69) is 36.5 Å². The Balaban J connectivity index is 2.12. The molecule has 1 aliphatic heterocycles. The van der Waals surface area contributed by atoms with Gasteiger partial charge in [0.25, 0.3) is 0 Å². The first kappa shape index (κ1) is 13.1. The maximum Gasteiger partial charge on any atom is 0.244 e. The van der Waals surface area contributed by atoms with E-state index in [0.29, 0.717) is 0 Å². The van der Waals surface area contributed by atoms with Crippen molar-refractivity contribution in [2.75, 3.05) is 18.5 Å². The molecule has 18 heavy (non-hydrogen) atoms. The first-order valence-electron chi connectivity index (χ1n) is 6.84. The van der Waals surface area contributed by atoms with Crippen LogP contribution < -0.4 is 10.2 Å². The number of benzene rings is 1. The number of hydrogen-bond donors (Lipinski definition) is 1. The van der Waals surface area contributed by atoms with Crippen molar-refractivity contribution >= 4 is 11.6 Å². The van der Waals surface area contributed by atoms with Crippen molar-refractivity contribution in [2.45, 2.75) is 38.6 Å². The zero-order valence-corrected chi connectivity index (χ0v) is 11.3. The van der Waals surface area contributed by atoms with E-state index in [-0.39, 0.29) is 11.9 Å². The second-order valence-electron chi connectivity index (χ2n) is 4.89. The summed E-state index contributed by atoms with van der Waals surface area (Å²) in [6, 6.07) is 8.39. The van der Waals surface area contributed by atoms with Crippen LogP contribution in [0.15, 0.2) is 24.3 Å². The highest BCUT2D eigenvalue weighted by Gasteiger charge is 2.28. The Morgan fingerprint density at radius 2 is 2.06 bits per heavy atom. The Morgan fingerprint density at radius 3 is 2.67 bits per heavy atom. The average Bonchev–Trinajstić information content (AvgIpc) is 2.41. The van der Waals surface area contributed by atoms with Crippen molar-refractivity contribution in [3.05, 3.63) is 29.8 Å². The molecule has 0 spiro atoms. The van der Waals surface area contributed by atoms with Gasteiger partial charge in [-0.05, 0) is 44.0 Å². The molecule has 1 N–H and O–H groups in total. The van der Waals surface area contributed by atoms with Crippen molar-refractivity contribution < 1.29 is 4.79 Å². The number of anilines is 1. The van der Waals surface area contributed by atoms with Crippen LogP contribution >= 0.6 is 0 Å². The van der Waals surface area contributed by atoms with Gasteiger partial charge in [0.1, 0.15) is 0 Å². The quantitative estimate of drug-likeness (QED) is 0.884. The van der Waals surface area contributed by atoms with Crippen LogP contribution in [-0.4, -0.2) is 25.5 Å². The molecule has 1 atom stereocenters. The second kappa shape index (κ2) is 6.01. The maximum absolute atomic E-state index is 12.2. The fourth-order valence-corrected chi connectivity index (χ4v) is 2.53. The third kappa shape index (κ3) is 2.72. The monoisotopic (exact) mass is 246 g/mol. The normalized spacial score (nSPS) is 20.2. The molecule has 98 valence electrons. The van der Waals surface area contributed by atoms with Crippen LogP contribution in [0.2, 0.25) is 0 Å². The number of rotatable bonds is 4. The summed E-state index contributed by atoms with van der Waals surface area (Å²) >= 11 is 0. The van der Waals surface area contributed by atoms with E-state index >= 15 is 0 Å². The Kier molecular flexibility index (Phi) is 4.37. The van der Waals surface area contributed by atoms with Gasteiger partial charge < -0.3 is 10.2 Å². The molecule has 1 amide bonds. The molecule has 2 rings (SSSR count). The van der Waals surface area contributed by atoms with Crippen LogP contribution in [-0.2, 0) is 11.2 Å². The minimum absolute atomic E-state index is 0.0194. The lowest BCUT2D eigenvalue weighted by Crippen LogP contribution is -2.49. The number of amides is 1. The molecule has 1 aromatic rings. The van der Waals surface area contributed by atoms with E-state index in [4.69, 9.17) is 0 Å². The Labute approximate surface area is 109 Å². The highest BCUT2D eigenvalue weighted by molar-refractivity contribution is 5.97. The van der Waals surface area contributed by atoms with Crippen molar-refractivity contribution in [1.29, 1.82) is 0 Å². The van der Waals surface area contributed by atoms with Gasteiger partial charge in [-0.15, -0.1) is 0 Å².